The number of fused-ring (bicyclic) bond motifs is 2. The van der Waals surface area contributed by atoms with Crippen molar-refractivity contribution in [3.05, 3.63) is 35.4 Å². The number of nitrogens with one attached hydrogen (secondary N) is 1. The van der Waals surface area contributed by atoms with Gasteiger partial charge in [0.1, 0.15) is 0 Å². The van der Waals surface area contributed by atoms with E-state index in [-0.39, 0.29) is 17.4 Å². The van der Waals surface area contributed by atoms with Gasteiger partial charge in [-0.15, -0.1) is 0 Å². The van der Waals surface area contributed by atoms with Crippen molar-refractivity contribution in [2.45, 2.75) is 75.8 Å². The number of amides is 1. The first-order valence-electron chi connectivity index (χ1n) is 9.78. The van der Waals surface area contributed by atoms with Crippen LogP contribution >= 0.6 is 0 Å². The highest BCUT2D eigenvalue weighted by molar-refractivity contribution is 5.73. The summed E-state index contributed by atoms with van der Waals surface area (Å²) in [7, 11) is 0. The number of carbonyl (C=O) groups excluding carboxylic acids is 1. The van der Waals surface area contributed by atoms with E-state index in [1.54, 1.807) is 6.92 Å². The molecule has 1 aromatic carbocycles. The summed E-state index contributed by atoms with van der Waals surface area (Å²) in [6.07, 6.45) is 10.6. The summed E-state index contributed by atoms with van der Waals surface area (Å²) in [4.78, 5) is 14.4. The third-order valence-electron chi connectivity index (χ3n) is 6.73. The van der Waals surface area contributed by atoms with Gasteiger partial charge in [-0.05, 0) is 56.3 Å². The molecule has 1 amide bonds. The van der Waals surface area contributed by atoms with Gasteiger partial charge >= 0.3 is 0 Å². The molecule has 4 rings (SSSR count). The molecule has 2 aliphatic carbocycles. The molecule has 2 fully saturated rings. The van der Waals surface area contributed by atoms with Crippen LogP contribution in [-0.4, -0.2) is 29.9 Å². The Balaban J connectivity index is 1.51. The molecule has 1 saturated carbocycles. The Morgan fingerprint density at radius 3 is 2.54 bits per heavy atom. The Bertz CT molecular complexity index is 598. The molecule has 3 nitrogen and oxygen atoms in total. The first-order chi connectivity index (χ1) is 11.7. The molecule has 0 radical (unpaired) electrons. The lowest BCUT2D eigenvalue weighted by atomic mass is 9.73. The second kappa shape index (κ2) is 6.51. The molecule has 1 N–H and O–H groups in total. The van der Waals surface area contributed by atoms with E-state index >= 15 is 0 Å². The summed E-state index contributed by atoms with van der Waals surface area (Å²) in [5.41, 5.74) is 3.15. The summed E-state index contributed by atoms with van der Waals surface area (Å²) in [5.74, 6) is 0.0893. The van der Waals surface area contributed by atoms with E-state index in [4.69, 9.17) is 0 Å². The van der Waals surface area contributed by atoms with Crippen LogP contribution in [0, 0.1) is 0 Å². The highest BCUT2D eigenvalue weighted by Gasteiger charge is 2.46. The lowest BCUT2D eigenvalue weighted by Gasteiger charge is -2.44. The molecule has 0 unspecified atom stereocenters. The number of hydrogen-bond donors (Lipinski definition) is 1. The van der Waals surface area contributed by atoms with Gasteiger partial charge < -0.3 is 10.2 Å². The maximum atomic E-state index is 11.6. The molecule has 0 aromatic heterocycles. The van der Waals surface area contributed by atoms with Crippen molar-refractivity contribution in [1.29, 1.82) is 0 Å². The lowest BCUT2D eigenvalue weighted by Crippen LogP contribution is -2.47. The van der Waals surface area contributed by atoms with Crippen LogP contribution in [0.25, 0.3) is 0 Å². The van der Waals surface area contributed by atoms with E-state index in [1.807, 2.05) is 0 Å². The number of rotatable bonds is 2. The zero-order valence-corrected chi connectivity index (χ0v) is 14.9. The van der Waals surface area contributed by atoms with Gasteiger partial charge in [-0.25, -0.2) is 0 Å². The number of hydrogen-bond acceptors (Lipinski definition) is 2. The molecule has 3 heteroatoms. The van der Waals surface area contributed by atoms with Crippen molar-refractivity contribution in [1.82, 2.24) is 10.2 Å². The van der Waals surface area contributed by atoms with E-state index in [9.17, 15) is 4.79 Å². The molecule has 0 bridgehead atoms. The van der Waals surface area contributed by atoms with Crippen molar-refractivity contribution in [2.24, 2.45) is 0 Å². The van der Waals surface area contributed by atoms with E-state index in [2.05, 4.69) is 34.5 Å². The summed E-state index contributed by atoms with van der Waals surface area (Å²) in [5, 5.41) is 3.19. The number of benzene rings is 1. The van der Waals surface area contributed by atoms with Crippen molar-refractivity contribution in [3.8, 4) is 0 Å². The minimum Gasteiger partial charge on any atom is -0.349 e. The number of nitrogens with zero attached hydrogens (tertiary/aromatic N) is 1. The van der Waals surface area contributed by atoms with Crippen molar-refractivity contribution >= 4 is 5.91 Å². The van der Waals surface area contributed by atoms with E-state index in [0.29, 0.717) is 0 Å². The van der Waals surface area contributed by atoms with Gasteiger partial charge in [0.25, 0.3) is 0 Å². The quantitative estimate of drug-likeness (QED) is 0.893. The fraction of sp³-hybridized carbons (Fsp3) is 0.667. The van der Waals surface area contributed by atoms with Crippen LogP contribution in [0.2, 0.25) is 0 Å². The predicted molar refractivity (Wildman–Crippen MR) is 97.0 cm³/mol. The maximum Gasteiger partial charge on any atom is 0.217 e. The van der Waals surface area contributed by atoms with E-state index in [0.717, 1.165) is 12.5 Å². The largest absolute Gasteiger partial charge is 0.349 e. The van der Waals surface area contributed by atoms with E-state index < -0.39 is 0 Å². The summed E-state index contributed by atoms with van der Waals surface area (Å²) < 4.78 is 0. The molecule has 1 spiro atoms. The minimum atomic E-state index is 0.0893. The highest BCUT2D eigenvalue weighted by atomic mass is 16.1. The van der Waals surface area contributed by atoms with Crippen LogP contribution in [0.15, 0.2) is 24.3 Å². The molecule has 1 aliphatic heterocycles. The summed E-state index contributed by atoms with van der Waals surface area (Å²) in [6.45, 7) is 4.09. The van der Waals surface area contributed by atoms with E-state index in [1.165, 1.54) is 69.2 Å². The number of carbonyl (C=O) groups is 1. The zero-order valence-electron chi connectivity index (χ0n) is 14.9. The van der Waals surface area contributed by atoms with Gasteiger partial charge in [-0.3, -0.25) is 4.79 Å². The average molecular weight is 326 g/mol. The molecule has 130 valence electrons. The molecule has 1 saturated heterocycles. The Labute approximate surface area is 145 Å². The van der Waals surface area contributed by atoms with Gasteiger partial charge in [0, 0.05) is 18.4 Å². The first kappa shape index (κ1) is 16.1. The SMILES string of the molecule is CC(=O)N[C@H]1CC2(CCN(C3CCCCC3)CC2)c2ccccc21. The van der Waals surface area contributed by atoms with Crippen LogP contribution < -0.4 is 5.32 Å². The Morgan fingerprint density at radius 2 is 1.83 bits per heavy atom. The summed E-state index contributed by atoms with van der Waals surface area (Å²) in [6, 6.07) is 9.86. The molecule has 24 heavy (non-hydrogen) atoms. The standard InChI is InChI=1S/C21H30N2O/c1-16(24)22-20-15-21(19-10-6-5-9-18(19)20)11-13-23(14-12-21)17-7-3-2-4-8-17/h5-6,9-10,17,20H,2-4,7-8,11-15H2,1H3,(H,22,24)/t20-/m0/s1. The first-order valence-corrected chi connectivity index (χ1v) is 9.78. The molecular formula is C21H30N2O. The fourth-order valence-corrected chi connectivity index (χ4v) is 5.51. The summed E-state index contributed by atoms with van der Waals surface area (Å²) >= 11 is 0. The van der Waals surface area contributed by atoms with Crippen LogP contribution in [-0.2, 0) is 10.2 Å². The minimum absolute atomic E-state index is 0.0893. The topological polar surface area (TPSA) is 32.3 Å². The Kier molecular flexibility index (Phi) is 4.38. The average Bonchev–Trinajstić information content (AvgIpc) is 2.90. The Hall–Kier alpha value is -1.35. The van der Waals surface area contributed by atoms with Gasteiger partial charge in [0.15, 0.2) is 0 Å². The molecular weight excluding hydrogens is 296 g/mol. The predicted octanol–water partition coefficient (Wildman–Crippen LogP) is 3.93. The number of piperidine rings is 1. The van der Waals surface area contributed by atoms with Gasteiger partial charge in [0.2, 0.25) is 5.91 Å². The smallest absolute Gasteiger partial charge is 0.217 e. The normalized spacial score (nSPS) is 27.1. The van der Waals surface area contributed by atoms with Crippen molar-refractivity contribution in [3.63, 3.8) is 0 Å². The third kappa shape index (κ3) is 2.88. The van der Waals surface area contributed by atoms with Crippen LogP contribution in [0.5, 0.6) is 0 Å². The lowest BCUT2D eigenvalue weighted by molar-refractivity contribution is -0.119. The third-order valence-corrected chi connectivity index (χ3v) is 6.73. The Morgan fingerprint density at radius 1 is 1.12 bits per heavy atom. The molecule has 1 heterocycles. The second-order valence-corrected chi connectivity index (χ2v) is 8.15. The van der Waals surface area contributed by atoms with Gasteiger partial charge in [0.05, 0.1) is 6.04 Å². The molecule has 3 aliphatic rings. The maximum absolute atomic E-state index is 11.6. The molecule has 1 atom stereocenters. The van der Waals surface area contributed by atoms with Crippen LogP contribution in [0.3, 0.4) is 0 Å². The van der Waals surface area contributed by atoms with Crippen LogP contribution in [0.1, 0.15) is 75.5 Å². The number of likely N-dealkylation sites (tertiary alicyclic amines) is 1. The second-order valence-electron chi connectivity index (χ2n) is 8.15. The molecule has 1 aromatic rings. The van der Waals surface area contributed by atoms with Crippen LogP contribution in [0.4, 0.5) is 0 Å². The monoisotopic (exact) mass is 326 g/mol. The zero-order chi connectivity index (χ0) is 16.6. The fourth-order valence-electron chi connectivity index (χ4n) is 5.51. The van der Waals surface area contributed by atoms with Crippen molar-refractivity contribution < 1.29 is 4.79 Å². The van der Waals surface area contributed by atoms with Crippen molar-refractivity contribution in [2.75, 3.05) is 13.1 Å². The van der Waals surface area contributed by atoms with Gasteiger partial charge in [-0.1, -0.05) is 43.5 Å². The highest BCUT2D eigenvalue weighted by Crippen LogP contribution is 2.51. The van der Waals surface area contributed by atoms with Gasteiger partial charge in [-0.2, -0.15) is 0 Å².